The predicted octanol–water partition coefficient (Wildman–Crippen LogP) is -28.0. The Morgan fingerprint density at radius 3 is 0.824 bits per heavy atom. The molecule has 0 saturated carbocycles. The molecule has 0 radical (unpaired) electrons. The first-order valence-corrected chi connectivity index (χ1v) is 7.08. The van der Waals surface area contributed by atoms with Gasteiger partial charge in [0.05, 0.1) is 11.9 Å². The third kappa shape index (κ3) is 21.6. The van der Waals surface area contributed by atoms with E-state index in [2.05, 4.69) is 0 Å². The fourth-order valence-corrected chi connectivity index (χ4v) is 1.64. The Bertz CT molecular complexity index is 613. The smallest absolute Gasteiger partial charge is 0.550 e. The zero-order valence-electron chi connectivity index (χ0n) is 20.4. The summed E-state index contributed by atoms with van der Waals surface area (Å²) >= 11 is 0. The van der Waals surface area contributed by atoms with Crippen molar-refractivity contribution in [2.75, 3.05) is 0 Å². The Morgan fingerprint density at radius 1 is 0.559 bits per heavy atom. The van der Waals surface area contributed by atoms with Crippen molar-refractivity contribution >= 4 is 35.8 Å². The van der Waals surface area contributed by atoms with Gasteiger partial charge in [-0.25, -0.2) is 0 Å². The zero-order chi connectivity index (χ0) is 23.0. The van der Waals surface area contributed by atoms with Crippen LogP contribution in [0.2, 0.25) is 0 Å². The molecular formula is C14H14Na6O14. The van der Waals surface area contributed by atoms with Crippen LogP contribution in [0.3, 0.4) is 0 Å². The molecule has 0 saturated heterocycles. The fraction of sp³-hybridized carbons (Fsp3) is 0.571. The van der Waals surface area contributed by atoms with Crippen LogP contribution in [0.4, 0.5) is 0 Å². The van der Waals surface area contributed by atoms with Gasteiger partial charge in [0.25, 0.3) is 0 Å². The van der Waals surface area contributed by atoms with Crippen LogP contribution in [0, 0.1) is 11.8 Å². The van der Waals surface area contributed by atoms with E-state index in [9.17, 15) is 59.4 Å². The molecule has 0 fully saturated rings. The van der Waals surface area contributed by atoms with Gasteiger partial charge in [-0.05, 0) is 26.7 Å². The van der Waals surface area contributed by atoms with Gasteiger partial charge in [0, 0.05) is 35.7 Å². The summed E-state index contributed by atoms with van der Waals surface area (Å²) in [5, 5.41) is 79.5. The summed E-state index contributed by atoms with van der Waals surface area (Å²) in [4.78, 5) is 61.3. The van der Waals surface area contributed by atoms with Gasteiger partial charge in [-0.15, -0.1) is 0 Å². The molecule has 0 spiro atoms. The summed E-state index contributed by atoms with van der Waals surface area (Å²) in [6, 6.07) is 0. The SMILES string of the molecule is C[C@@](O)(C(=O)[O-])[C@@H](CC(=O)[O-])C(=O)[O-].C[C@@](O)(C(=O)[O-])[C@@H](CC(=O)[O-])C(=O)[O-].[Na+].[Na+].[Na+].[Na+].[Na+].[Na+]. The van der Waals surface area contributed by atoms with Crippen molar-refractivity contribution in [2.24, 2.45) is 11.8 Å². The zero-order valence-corrected chi connectivity index (χ0v) is 32.4. The molecule has 20 heteroatoms. The van der Waals surface area contributed by atoms with Crippen molar-refractivity contribution < 1.29 is 247 Å². The first-order valence-electron chi connectivity index (χ1n) is 7.08. The Labute approximate surface area is 326 Å². The molecule has 0 rings (SSSR count). The van der Waals surface area contributed by atoms with E-state index in [1.54, 1.807) is 0 Å². The maximum Gasteiger partial charge on any atom is 1.00 e. The Kier molecular flexibility index (Phi) is 43.4. The van der Waals surface area contributed by atoms with E-state index in [-0.39, 0.29) is 177 Å². The third-order valence-electron chi connectivity index (χ3n) is 3.49. The van der Waals surface area contributed by atoms with Gasteiger partial charge in [-0.2, -0.15) is 0 Å². The summed E-state index contributed by atoms with van der Waals surface area (Å²) < 4.78 is 0. The number of carboxylic acids is 6. The maximum atomic E-state index is 10.3. The molecule has 0 aliphatic heterocycles. The second kappa shape index (κ2) is 26.0. The largest absolute Gasteiger partial charge is 1.00 e. The normalized spacial score (nSPS) is 13.8. The van der Waals surface area contributed by atoms with Gasteiger partial charge in [0.2, 0.25) is 0 Å². The molecule has 160 valence electrons. The number of rotatable bonds is 10. The van der Waals surface area contributed by atoms with Gasteiger partial charge in [0.1, 0.15) is 11.2 Å². The predicted molar refractivity (Wildman–Crippen MR) is 67.5 cm³/mol. The number of aliphatic carboxylic acids is 6. The summed E-state index contributed by atoms with van der Waals surface area (Å²) in [5.74, 6) is -16.0. The number of hydrogen-bond acceptors (Lipinski definition) is 14. The van der Waals surface area contributed by atoms with E-state index in [1.165, 1.54) is 0 Å². The molecule has 0 aliphatic carbocycles. The number of carbonyl (C=O) groups excluding carboxylic acids is 6. The number of carbonyl (C=O) groups is 6. The molecule has 0 amide bonds. The standard InChI is InChI=1S/2C7H10O7.6Na/c2*1-7(14,6(12)13)3(5(10)11)2-4(8)9;;;;;;/h2*3,14H,2H2,1H3,(H,8,9)(H,10,11)(H,12,13);;;;;;/q;;6*+1/p-6/t2*3-,7-;;;;;;/m00....../s1. The van der Waals surface area contributed by atoms with Gasteiger partial charge in [0.15, 0.2) is 0 Å². The first-order chi connectivity index (χ1) is 12.4. The topological polar surface area (TPSA) is 281 Å². The van der Waals surface area contributed by atoms with E-state index in [1.807, 2.05) is 0 Å². The van der Waals surface area contributed by atoms with Gasteiger partial charge >= 0.3 is 177 Å². The first kappa shape index (κ1) is 56.8. The number of aliphatic hydroxyl groups is 2. The minimum atomic E-state index is -2.81. The van der Waals surface area contributed by atoms with Gasteiger partial charge in [-0.3, -0.25) is 0 Å². The molecule has 2 N–H and O–H groups in total. The average Bonchev–Trinajstić information content (AvgIpc) is 2.49. The molecule has 0 aliphatic rings. The Hall–Kier alpha value is 2.74. The fourth-order valence-electron chi connectivity index (χ4n) is 1.64. The van der Waals surface area contributed by atoms with E-state index in [0.29, 0.717) is 13.8 Å². The molecule has 4 atom stereocenters. The average molecular weight is 544 g/mol. The molecule has 0 heterocycles. The van der Waals surface area contributed by atoms with E-state index < -0.39 is 71.7 Å². The minimum Gasteiger partial charge on any atom is -0.550 e. The summed E-state index contributed by atoms with van der Waals surface area (Å²) in [6.45, 7) is 1.23. The third-order valence-corrected chi connectivity index (χ3v) is 3.49. The Morgan fingerprint density at radius 2 is 0.735 bits per heavy atom. The van der Waals surface area contributed by atoms with Crippen molar-refractivity contribution in [1.29, 1.82) is 0 Å². The van der Waals surface area contributed by atoms with Crippen molar-refractivity contribution in [1.82, 2.24) is 0 Å². The van der Waals surface area contributed by atoms with Crippen LogP contribution in [0.15, 0.2) is 0 Å². The van der Waals surface area contributed by atoms with E-state index in [4.69, 9.17) is 10.2 Å². The quantitative estimate of drug-likeness (QED) is 0.242. The Balaban J connectivity index is -0.0000000563. The number of hydrogen-bond donors (Lipinski definition) is 2. The molecule has 0 aromatic heterocycles. The van der Waals surface area contributed by atoms with Crippen LogP contribution in [0.5, 0.6) is 0 Å². The molecule has 14 nitrogen and oxygen atoms in total. The summed E-state index contributed by atoms with van der Waals surface area (Å²) in [6.07, 6.45) is -2.33. The van der Waals surface area contributed by atoms with Gasteiger partial charge < -0.3 is 69.6 Å². The maximum absolute atomic E-state index is 10.3. The minimum absolute atomic E-state index is 0. The monoisotopic (exact) mass is 544 g/mol. The van der Waals surface area contributed by atoms with Crippen molar-refractivity contribution in [3.05, 3.63) is 0 Å². The van der Waals surface area contributed by atoms with Crippen LogP contribution in [0.1, 0.15) is 26.7 Å². The molecule has 34 heavy (non-hydrogen) atoms. The number of carboxylic acid groups (broad SMARTS) is 6. The van der Waals surface area contributed by atoms with Crippen LogP contribution < -0.4 is 208 Å². The molecule has 0 unspecified atom stereocenters. The van der Waals surface area contributed by atoms with Crippen LogP contribution >= 0.6 is 0 Å². The molecular weight excluding hydrogens is 530 g/mol. The van der Waals surface area contributed by atoms with Gasteiger partial charge in [-0.1, -0.05) is 0 Å². The van der Waals surface area contributed by atoms with Crippen LogP contribution in [0.25, 0.3) is 0 Å². The van der Waals surface area contributed by atoms with Crippen molar-refractivity contribution in [3.63, 3.8) is 0 Å². The van der Waals surface area contributed by atoms with Crippen LogP contribution in [-0.2, 0) is 28.8 Å². The molecule has 0 bridgehead atoms. The second-order valence-electron chi connectivity index (χ2n) is 5.77. The molecule has 0 aromatic rings. The second-order valence-corrected chi connectivity index (χ2v) is 5.77. The molecule has 0 aromatic carbocycles. The summed E-state index contributed by atoms with van der Waals surface area (Å²) in [7, 11) is 0. The van der Waals surface area contributed by atoms with E-state index >= 15 is 0 Å². The van der Waals surface area contributed by atoms with Crippen LogP contribution in [-0.4, -0.2) is 57.2 Å². The van der Waals surface area contributed by atoms with E-state index in [0.717, 1.165) is 0 Å². The van der Waals surface area contributed by atoms with Crippen molar-refractivity contribution in [2.45, 2.75) is 37.9 Å². The van der Waals surface area contributed by atoms with Crippen molar-refractivity contribution in [3.8, 4) is 0 Å². The summed E-state index contributed by atoms with van der Waals surface area (Å²) in [5.41, 5.74) is -5.61.